The number of carbonyl (C=O) groups is 1. The average molecular weight is 274 g/mol. The summed E-state index contributed by atoms with van der Waals surface area (Å²) >= 11 is 0. The molecule has 3 atom stereocenters. The van der Waals surface area contributed by atoms with Crippen LogP contribution in [0.2, 0.25) is 0 Å². The largest absolute Gasteiger partial charge is 0.334 e. The molecule has 0 radical (unpaired) electrons. The van der Waals surface area contributed by atoms with Crippen LogP contribution >= 0.6 is 0 Å². The van der Waals surface area contributed by atoms with E-state index in [1.807, 2.05) is 23.1 Å². The molecule has 110 valence electrons. The summed E-state index contributed by atoms with van der Waals surface area (Å²) in [5, 5.41) is 3.36. The van der Waals surface area contributed by atoms with Crippen molar-refractivity contribution in [3.05, 3.63) is 35.9 Å². The van der Waals surface area contributed by atoms with Gasteiger partial charge in [0.2, 0.25) is 5.91 Å². The highest BCUT2D eigenvalue weighted by molar-refractivity contribution is 5.82. The minimum atomic E-state index is -0.00675. The third kappa shape index (κ3) is 3.40. The summed E-state index contributed by atoms with van der Waals surface area (Å²) in [6.45, 7) is 8.11. The molecule has 1 aromatic carbocycles. The molecular formula is C17H26N2O. The third-order valence-electron chi connectivity index (χ3n) is 4.40. The summed E-state index contributed by atoms with van der Waals surface area (Å²) in [7, 11) is 0. The van der Waals surface area contributed by atoms with E-state index in [4.69, 9.17) is 0 Å². The van der Waals surface area contributed by atoms with Crippen LogP contribution in [0.15, 0.2) is 30.3 Å². The topological polar surface area (TPSA) is 32.3 Å². The maximum Gasteiger partial charge on any atom is 0.240 e. The van der Waals surface area contributed by atoms with Crippen LogP contribution in [-0.2, 0) is 11.3 Å². The molecule has 1 heterocycles. The van der Waals surface area contributed by atoms with E-state index in [1.165, 1.54) is 5.56 Å². The Morgan fingerprint density at radius 2 is 2.10 bits per heavy atom. The first kappa shape index (κ1) is 15.0. The van der Waals surface area contributed by atoms with Gasteiger partial charge in [-0.2, -0.15) is 0 Å². The van der Waals surface area contributed by atoms with Crippen LogP contribution in [0, 0.1) is 5.92 Å². The Kier molecular flexibility index (Phi) is 5.18. The minimum Gasteiger partial charge on any atom is -0.334 e. The van der Waals surface area contributed by atoms with Gasteiger partial charge in [0.05, 0.1) is 6.04 Å². The molecule has 1 aliphatic rings. The van der Waals surface area contributed by atoms with Gasteiger partial charge in [-0.3, -0.25) is 4.79 Å². The third-order valence-corrected chi connectivity index (χ3v) is 4.40. The standard InChI is InChI=1S/C17H26N2O/c1-4-14(3)19(12-15-8-6-5-7-9-15)17(20)16-13(2)10-11-18-16/h5-9,13-14,16,18H,4,10-12H2,1-3H3. The predicted molar refractivity (Wildman–Crippen MR) is 82.3 cm³/mol. The average Bonchev–Trinajstić information content (AvgIpc) is 2.90. The van der Waals surface area contributed by atoms with Gasteiger partial charge in [0.15, 0.2) is 0 Å². The second kappa shape index (κ2) is 6.89. The normalized spacial score (nSPS) is 23.6. The van der Waals surface area contributed by atoms with Gasteiger partial charge in [0.1, 0.15) is 0 Å². The van der Waals surface area contributed by atoms with Crippen molar-refractivity contribution in [2.75, 3.05) is 6.54 Å². The van der Waals surface area contributed by atoms with Crippen molar-refractivity contribution in [2.45, 2.75) is 52.2 Å². The predicted octanol–water partition coefficient (Wildman–Crippen LogP) is 2.81. The molecule has 20 heavy (non-hydrogen) atoms. The van der Waals surface area contributed by atoms with Gasteiger partial charge in [-0.15, -0.1) is 0 Å². The number of nitrogens with one attached hydrogen (secondary N) is 1. The Morgan fingerprint density at radius 1 is 1.40 bits per heavy atom. The first-order valence-corrected chi connectivity index (χ1v) is 7.71. The van der Waals surface area contributed by atoms with Crippen LogP contribution in [0.5, 0.6) is 0 Å². The summed E-state index contributed by atoms with van der Waals surface area (Å²) in [6, 6.07) is 10.5. The summed E-state index contributed by atoms with van der Waals surface area (Å²) in [5.41, 5.74) is 1.20. The van der Waals surface area contributed by atoms with Crippen LogP contribution in [-0.4, -0.2) is 29.4 Å². The highest BCUT2D eigenvalue weighted by Crippen LogP contribution is 2.20. The highest BCUT2D eigenvalue weighted by Gasteiger charge is 2.33. The van der Waals surface area contributed by atoms with Crippen molar-refractivity contribution in [3.8, 4) is 0 Å². The molecule has 1 fully saturated rings. The molecule has 3 nitrogen and oxygen atoms in total. The van der Waals surface area contributed by atoms with Crippen molar-refractivity contribution in [2.24, 2.45) is 5.92 Å². The van der Waals surface area contributed by atoms with Crippen LogP contribution in [0.25, 0.3) is 0 Å². The molecular weight excluding hydrogens is 248 g/mol. The lowest BCUT2D eigenvalue weighted by molar-refractivity contribution is -0.136. The summed E-state index contributed by atoms with van der Waals surface area (Å²) < 4.78 is 0. The van der Waals surface area contributed by atoms with Crippen molar-refractivity contribution in [1.82, 2.24) is 10.2 Å². The van der Waals surface area contributed by atoms with Gasteiger partial charge >= 0.3 is 0 Å². The lowest BCUT2D eigenvalue weighted by Gasteiger charge is -2.32. The number of nitrogens with zero attached hydrogens (tertiary/aromatic N) is 1. The van der Waals surface area contributed by atoms with E-state index in [1.54, 1.807) is 0 Å². The van der Waals surface area contributed by atoms with Gasteiger partial charge in [0, 0.05) is 12.6 Å². The lowest BCUT2D eigenvalue weighted by Crippen LogP contribution is -2.48. The molecule has 1 saturated heterocycles. The summed E-state index contributed by atoms with van der Waals surface area (Å²) in [6.07, 6.45) is 2.08. The molecule has 1 aromatic rings. The molecule has 0 saturated carbocycles. The minimum absolute atomic E-state index is 0.00675. The van der Waals surface area contributed by atoms with Gasteiger partial charge in [0.25, 0.3) is 0 Å². The van der Waals surface area contributed by atoms with Gasteiger partial charge in [-0.1, -0.05) is 44.2 Å². The number of hydrogen-bond donors (Lipinski definition) is 1. The van der Waals surface area contributed by atoms with E-state index in [-0.39, 0.29) is 18.0 Å². The number of benzene rings is 1. The summed E-state index contributed by atoms with van der Waals surface area (Å²) in [4.78, 5) is 14.9. The molecule has 0 aromatic heterocycles. The molecule has 3 heteroatoms. The maximum absolute atomic E-state index is 12.8. The van der Waals surface area contributed by atoms with Crippen LogP contribution in [0.1, 0.15) is 39.2 Å². The number of rotatable bonds is 5. The Morgan fingerprint density at radius 3 is 2.65 bits per heavy atom. The highest BCUT2D eigenvalue weighted by atomic mass is 16.2. The molecule has 1 N–H and O–H groups in total. The van der Waals surface area contributed by atoms with Crippen molar-refractivity contribution in [1.29, 1.82) is 0 Å². The Hall–Kier alpha value is -1.35. The van der Waals surface area contributed by atoms with E-state index < -0.39 is 0 Å². The quantitative estimate of drug-likeness (QED) is 0.895. The van der Waals surface area contributed by atoms with E-state index in [9.17, 15) is 4.79 Å². The van der Waals surface area contributed by atoms with E-state index >= 15 is 0 Å². The summed E-state index contributed by atoms with van der Waals surface area (Å²) in [5.74, 6) is 0.693. The molecule has 2 rings (SSSR count). The van der Waals surface area contributed by atoms with E-state index in [0.29, 0.717) is 12.5 Å². The van der Waals surface area contributed by atoms with E-state index in [0.717, 1.165) is 19.4 Å². The first-order valence-electron chi connectivity index (χ1n) is 7.71. The molecule has 0 bridgehead atoms. The second-order valence-corrected chi connectivity index (χ2v) is 5.91. The molecule has 1 amide bonds. The van der Waals surface area contributed by atoms with Gasteiger partial charge in [-0.05, 0) is 37.8 Å². The lowest BCUT2D eigenvalue weighted by atomic mass is 10.0. The SMILES string of the molecule is CCC(C)N(Cc1ccccc1)C(=O)C1NCCC1C. The van der Waals surface area contributed by atoms with Crippen molar-refractivity contribution >= 4 is 5.91 Å². The van der Waals surface area contributed by atoms with Gasteiger partial charge in [-0.25, -0.2) is 0 Å². The number of amides is 1. The van der Waals surface area contributed by atoms with E-state index in [2.05, 4.69) is 38.2 Å². The van der Waals surface area contributed by atoms with Crippen molar-refractivity contribution < 1.29 is 4.79 Å². The number of carbonyl (C=O) groups excluding carboxylic acids is 1. The fourth-order valence-corrected chi connectivity index (χ4v) is 2.80. The monoisotopic (exact) mass is 274 g/mol. The van der Waals surface area contributed by atoms with Gasteiger partial charge < -0.3 is 10.2 Å². The Balaban J connectivity index is 2.13. The molecule has 3 unspecified atom stereocenters. The molecule has 0 aliphatic carbocycles. The molecule has 1 aliphatic heterocycles. The fraction of sp³-hybridized carbons (Fsp3) is 0.588. The zero-order valence-electron chi connectivity index (χ0n) is 12.8. The fourth-order valence-electron chi connectivity index (χ4n) is 2.80. The maximum atomic E-state index is 12.8. The first-order chi connectivity index (χ1) is 9.63. The Labute approximate surface area is 122 Å². The van der Waals surface area contributed by atoms with Crippen molar-refractivity contribution in [3.63, 3.8) is 0 Å². The van der Waals surface area contributed by atoms with Crippen LogP contribution < -0.4 is 5.32 Å². The zero-order chi connectivity index (χ0) is 14.5. The smallest absolute Gasteiger partial charge is 0.240 e. The molecule has 0 spiro atoms. The van der Waals surface area contributed by atoms with Crippen LogP contribution in [0.4, 0.5) is 0 Å². The Bertz CT molecular complexity index is 432. The zero-order valence-corrected chi connectivity index (χ0v) is 12.8. The van der Waals surface area contributed by atoms with Crippen LogP contribution in [0.3, 0.4) is 0 Å². The second-order valence-electron chi connectivity index (χ2n) is 5.91. The number of hydrogen-bond acceptors (Lipinski definition) is 2.